The fourth-order valence-electron chi connectivity index (χ4n) is 1.81. The van der Waals surface area contributed by atoms with Gasteiger partial charge in [-0.15, -0.1) is 0 Å². The van der Waals surface area contributed by atoms with Gasteiger partial charge >= 0.3 is 18.3 Å². The second-order valence-electron chi connectivity index (χ2n) is 4.29. The van der Waals surface area contributed by atoms with Gasteiger partial charge in [0.05, 0.1) is 24.0 Å². The summed E-state index contributed by atoms with van der Waals surface area (Å²) in [6.45, 7) is -0.735. The Balaban J connectivity index is 3.02. The summed E-state index contributed by atoms with van der Waals surface area (Å²) in [5.41, 5.74) is 0. The molecule has 0 bridgehead atoms. The Morgan fingerprint density at radius 2 is 1.90 bits per heavy atom. The molecule has 1 atom stereocenters. The summed E-state index contributed by atoms with van der Waals surface area (Å²) in [5.74, 6) is -10.3. The average Bonchev–Trinajstić information content (AvgIpc) is 2.26. The molecule has 0 aliphatic carbocycles. The lowest BCUT2D eigenvalue weighted by Crippen LogP contribution is -2.58. The number of rotatable bonds is 4. The van der Waals surface area contributed by atoms with Gasteiger partial charge < -0.3 is 10.0 Å². The molecule has 0 spiro atoms. The van der Waals surface area contributed by atoms with Gasteiger partial charge in [-0.1, -0.05) is 0 Å². The normalized spacial score (nSPS) is 22.9. The van der Waals surface area contributed by atoms with E-state index in [0.29, 0.717) is 0 Å². The van der Waals surface area contributed by atoms with Gasteiger partial charge in [-0.25, -0.2) is 17.2 Å². The largest absolute Gasteiger partial charge is 0.481 e. The van der Waals surface area contributed by atoms with Crippen molar-refractivity contribution in [1.82, 2.24) is 4.90 Å². The molecule has 1 heterocycles. The first-order valence-corrected chi connectivity index (χ1v) is 7.19. The lowest BCUT2D eigenvalue weighted by atomic mass is 10.1. The maximum absolute atomic E-state index is 13.0. The Kier molecular flexibility index (Phi) is 4.62. The molecule has 0 radical (unpaired) electrons. The van der Waals surface area contributed by atoms with Crippen LogP contribution in [-0.4, -0.2) is 66.7 Å². The van der Waals surface area contributed by atoms with Gasteiger partial charge in [-0.2, -0.15) is 8.78 Å². The highest BCUT2D eigenvalue weighted by Gasteiger charge is 2.53. The summed E-state index contributed by atoms with van der Waals surface area (Å²) in [6, 6.07) is -1.58. The van der Waals surface area contributed by atoms with E-state index in [0.717, 1.165) is 0 Å². The molecule has 6 nitrogen and oxygen atoms in total. The molecule has 20 heavy (non-hydrogen) atoms. The van der Waals surface area contributed by atoms with Crippen molar-refractivity contribution in [2.75, 3.05) is 18.1 Å². The van der Waals surface area contributed by atoms with Crippen LogP contribution in [0.1, 0.15) is 6.42 Å². The molecule has 1 fully saturated rings. The standard InChI is InChI=1S/C9H11F4NO5S/c10-7(11)9(12,13)8(17)14-1-2-20(18,19)4-5(14)3-6(15)16/h5,7H,1-4H2,(H,15,16). The number of aliphatic carboxylic acids is 1. The summed E-state index contributed by atoms with van der Waals surface area (Å²) < 4.78 is 72.9. The zero-order chi connectivity index (χ0) is 15.7. The molecule has 1 unspecified atom stereocenters. The minimum absolute atomic E-state index is 0.210. The van der Waals surface area contributed by atoms with Crippen LogP contribution in [0.3, 0.4) is 0 Å². The Morgan fingerprint density at radius 1 is 1.35 bits per heavy atom. The number of amides is 1. The second kappa shape index (κ2) is 5.54. The molecular formula is C9H11F4NO5S. The van der Waals surface area contributed by atoms with Gasteiger partial charge in [0.15, 0.2) is 9.84 Å². The average molecular weight is 321 g/mol. The molecule has 1 aliphatic heterocycles. The van der Waals surface area contributed by atoms with Crippen LogP contribution in [0.25, 0.3) is 0 Å². The van der Waals surface area contributed by atoms with Crippen LogP contribution in [0.5, 0.6) is 0 Å². The minimum atomic E-state index is -4.97. The molecule has 0 aromatic heterocycles. The molecule has 0 aromatic rings. The zero-order valence-electron chi connectivity index (χ0n) is 9.93. The van der Waals surface area contributed by atoms with Crippen LogP contribution < -0.4 is 0 Å². The quantitative estimate of drug-likeness (QED) is 0.735. The number of hydrogen-bond donors (Lipinski definition) is 1. The van der Waals surface area contributed by atoms with Crippen molar-refractivity contribution in [2.24, 2.45) is 0 Å². The van der Waals surface area contributed by atoms with E-state index in [1.54, 1.807) is 0 Å². The molecule has 0 saturated carbocycles. The molecule has 11 heteroatoms. The molecule has 1 aliphatic rings. The smallest absolute Gasteiger partial charge is 0.383 e. The van der Waals surface area contributed by atoms with Crippen LogP contribution in [0, 0.1) is 0 Å². The summed E-state index contributed by atoms with van der Waals surface area (Å²) in [4.78, 5) is 22.1. The summed E-state index contributed by atoms with van der Waals surface area (Å²) in [7, 11) is -3.70. The Hall–Kier alpha value is -1.39. The molecular weight excluding hydrogens is 310 g/mol. The van der Waals surface area contributed by atoms with Crippen LogP contribution in [0.15, 0.2) is 0 Å². The van der Waals surface area contributed by atoms with Gasteiger partial charge in [0.2, 0.25) is 0 Å². The maximum Gasteiger partial charge on any atom is 0.383 e. The highest BCUT2D eigenvalue weighted by atomic mass is 32.2. The lowest BCUT2D eigenvalue weighted by Gasteiger charge is -2.36. The van der Waals surface area contributed by atoms with E-state index in [1.165, 1.54) is 0 Å². The number of hydrogen-bond acceptors (Lipinski definition) is 4. The summed E-state index contributed by atoms with van der Waals surface area (Å²) in [6.07, 6.45) is -5.16. The number of halogens is 4. The number of nitrogens with zero attached hydrogens (tertiary/aromatic N) is 1. The number of carbonyl (C=O) groups is 2. The van der Waals surface area contributed by atoms with Crippen molar-refractivity contribution in [3.8, 4) is 0 Å². The number of carbonyl (C=O) groups excluding carboxylic acids is 1. The van der Waals surface area contributed by atoms with Crippen molar-refractivity contribution in [3.63, 3.8) is 0 Å². The van der Waals surface area contributed by atoms with Gasteiger partial charge in [0.1, 0.15) is 0 Å². The maximum atomic E-state index is 13.0. The van der Waals surface area contributed by atoms with E-state index in [9.17, 15) is 35.6 Å². The molecule has 1 N–H and O–H groups in total. The van der Waals surface area contributed by atoms with Crippen molar-refractivity contribution >= 4 is 21.7 Å². The first kappa shape index (κ1) is 16.7. The van der Waals surface area contributed by atoms with Crippen LogP contribution in [0.2, 0.25) is 0 Å². The van der Waals surface area contributed by atoms with E-state index in [-0.39, 0.29) is 4.90 Å². The Bertz CT molecular complexity index is 506. The number of carboxylic acids is 1. The SMILES string of the molecule is O=C(O)CC1CS(=O)(=O)CCN1C(=O)C(F)(F)C(F)F. The van der Waals surface area contributed by atoms with Crippen molar-refractivity contribution in [2.45, 2.75) is 24.8 Å². The third-order valence-electron chi connectivity index (χ3n) is 2.76. The van der Waals surface area contributed by atoms with Gasteiger partial charge in [0, 0.05) is 6.54 Å². The third-order valence-corrected chi connectivity index (χ3v) is 4.46. The fourth-order valence-corrected chi connectivity index (χ4v) is 3.33. The molecule has 0 aromatic carbocycles. The molecule has 1 saturated heterocycles. The predicted octanol–water partition coefficient (Wildman–Crippen LogP) is -0.0129. The number of sulfone groups is 1. The topological polar surface area (TPSA) is 91.8 Å². The van der Waals surface area contributed by atoms with E-state index in [4.69, 9.17) is 5.11 Å². The first-order chi connectivity index (χ1) is 8.97. The lowest BCUT2D eigenvalue weighted by molar-refractivity contribution is -0.182. The number of carboxylic acid groups (broad SMARTS) is 1. The monoisotopic (exact) mass is 321 g/mol. The van der Waals surface area contributed by atoms with Crippen molar-refractivity contribution < 1.29 is 40.7 Å². The number of alkyl halides is 4. The Morgan fingerprint density at radius 3 is 2.35 bits per heavy atom. The van der Waals surface area contributed by atoms with Gasteiger partial charge in [-0.3, -0.25) is 9.59 Å². The van der Waals surface area contributed by atoms with E-state index >= 15 is 0 Å². The van der Waals surface area contributed by atoms with E-state index < -0.39 is 64.6 Å². The van der Waals surface area contributed by atoms with Crippen LogP contribution >= 0.6 is 0 Å². The van der Waals surface area contributed by atoms with Crippen LogP contribution in [0.4, 0.5) is 17.6 Å². The molecule has 1 rings (SSSR count). The van der Waals surface area contributed by atoms with Gasteiger partial charge in [-0.05, 0) is 0 Å². The second-order valence-corrected chi connectivity index (χ2v) is 6.52. The highest BCUT2D eigenvalue weighted by Crippen LogP contribution is 2.28. The molecule has 116 valence electrons. The van der Waals surface area contributed by atoms with Gasteiger partial charge in [0.25, 0.3) is 5.91 Å². The summed E-state index contributed by atoms with van der Waals surface area (Å²) in [5, 5.41) is 8.58. The first-order valence-electron chi connectivity index (χ1n) is 5.36. The van der Waals surface area contributed by atoms with E-state index in [1.807, 2.05) is 0 Å². The Labute approximate surface area is 111 Å². The van der Waals surface area contributed by atoms with Crippen molar-refractivity contribution in [3.05, 3.63) is 0 Å². The van der Waals surface area contributed by atoms with E-state index in [2.05, 4.69) is 0 Å². The summed E-state index contributed by atoms with van der Waals surface area (Å²) >= 11 is 0. The van der Waals surface area contributed by atoms with Crippen LogP contribution in [-0.2, 0) is 19.4 Å². The minimum Gasteiger partial charge on any atom is -0.481 e. The molecule has 1 amide bonds. The predicted molar refractivity (Wildman–Crippen MR) is 57.4 cm³/mol. The fraction of sp³-hybridized carbons (Fsp3) is 0.778. The third kappa shape index (κ3) is 3.58. The van der Waals surface area contributed by atoms with Crippen molar-refractivity contribution in [1.29, 1.82) is 0 Å². The zero-order valence-corrected chi connectivity index (χ0v) is 10.7. The highest BCUT2D eigenvalue weighted by molar-refractivity contribution is 7.91.